The second kappa shape index (κ2) is 9.48. The zero-order valence-corrected chi connectivity index (χ0v) is 15.8. The van der Waals surface area contributed by atoms with E-state index in [-0.39, 0.29) is 23.6 Å². The molecule has 0 fully saturated rings. The number of halogens is 3. The maximum atomic E-state index is 12.8. The van der Waals surface area contributed by atoms with Gasteiger partial charge in [0.05, 0.1) is 17.1 Å². The third-order valence-corrected chi connectivity index (χ3v) is 4.15. The van der Waals surface area contributed by atoms with E-state index in [0.717, 1.165) is 0 Å². The second-order valence-corrected chi connectivity index (χ2v) is 6.52. The Kier molecular flexibility index (Phi) is 7.33. The van der Waals surface area contributed by atoms with Crippen LogP contribution in [-0.4, -0.2) is 23.8 Å². The average molecular weight is 412 g/mol. The summed E-state index contributed by atoms with van der Waals surface area (Å²) in [6.07, 6.45) is -1.40. The Hall–Kier alpha value is -2.44. The summed E-state index contributed by atoms with van der Waals surface area (Å²) in [4.78, 5) is 35.9. The molecular formula is C19H16Cl2FNO4. The second-order valence-electron chi connectivity index (χ2n) is 5.68. The summed E-state index contributed by atoms with van der Waals surface area (Å²) in [5.41, 5.74) is 0.592. The lowest BCUT2D eigenvalue weighted by Gasteiger charge is -2.14. The van der Waals surface area contributed by atoms with Gasteiger partial charge in [-0.15, -0.1) is 0 Å². The molecule has 0 unspecified atom stereocenters. The molecule has 0 spiro atoms. The largest absolute Gasteiger partial charge is 0.453 e. The third kappa shape index (κ3) is 6.34. The lowest BCUT2D eigenvalue weighted by atomic mass is 10.1. The molecule has 0 radical (unpaired) electrons. The first-order valence-corrected chi connectivity index (χ1v) is 8.76. The van der Waals surface area contributed by atoms with Gasteiger partial charge in [0, 0.05) is 17.0 Å². The fraction of sp³-hybridized carbons (Fsp3) is 0.211. The van der Waals surface area contributed by atoms with Crippen molar-refractivity contribution in [2.75, 3.05) is 5.32 Å². The summed E-state index contributed by atoms with van der Waals surface area (Å²) >= 11 is 11.8. The van der Waals surface area contributed by atoms with E-state index in [1.807, 2.05) is 0 Å². The van der Waals surface area contributed by atoms with Gasteiger partial charge in [-0.1, -0.05) is 23.2 Å². The molecule has 2 aromatic carbocycles. The van der Waals surface area contributed by atoms with E-state index in [1.54, 1.807) is 6.07 Å². The normalized spacial score (nSPS) is 11.6. The van der Waals surface area contributed by atoms with Crippen molar-refractivity contribution in [3.05, 3.63) is 63.9 Å². The summed E-state index contributed by atoms with van der Waals surface area (Å²) in [5.74, 6) is -2.07. The minimum atomic E-state index is -1.09. The van der Waals surface area contributed by atoms with Crippen molar-refractivity contribution in [2.45, 2.75) is 25.9 Å². The van der Waals surface area contributed by atoms with Crippen molar-refractivity contribution < 1.29 is 23.5 Å². The molecule has 0 saturated carbocycles. The Morgan fingerprint density at radius 1 is 1.07 bits per heavy atom. The summed E-state index contributed by atoms with van der Waals surface area (Å²) in [6, 6.07) is 9.58. The first kappa shape index (κ1) is 20.9. The van der Waals surface area contributed by atoms with Crippen LogP contribution in [0.15, 0.2) is 42.5 Å². The number of hydrogen-bond donors (Lipinski definition) is 1. The van der Waals surface area contributed by atoms with Crippen molar-refractivity contribution in [1.29, 1.82) is 0 Å². The van der Waals surface area contributed by atoms with E-state index in [1.165, 1.54) is 43.3 Å². The van der Waals surface area contributed by atoms with E-state index < -0.39 is 23.8 Å². The number of esters is 1. The molecule has 0 aliphatic rings. The Bertz CT molecular complexity index is 855. The minimum absolute atomic E-state index is 0.112. The van der Waals surface area contributed by atoms with E-state index >= 15 is 0 Å². The minimum Gasteiger partial charge on any atom is -0.453 e. The van der Waals surface area contributed by atoms with Gasteiger partial charge in [-0.2, -0.15) is 0 Å². The van der Waals surface area contributed by atoms with Gasteiger partial charge in [0.1, 0.15) is 5.82 Å². The molecule has 2 rings (SSSR count). The molecule has 27 heavy (non-hydrogen) atoms. The summed E-state index contributed by atoms with van der Waals surface area (Å²) < 4.78 is 17.9. The highest BCUT2D eigenvalue weighted by atomic mass is 35.5. The van der Waals surface area contributed by atoms with Gasteiger partial charge in [0.15, 0.2) is 11.9 Å². The molecule has 1 atom stereocenters. The van der Waals surface area contributed by atoms with Crippen LogP contribution in [0.5, 0.6) is 0 Å². The molecule has 0 aromatic heterocycles. The molecule has 1 N–H and O–H groups in total. The topological polar surface area (TPSA) is 72.5 Å². The number of carbonyl (C=O) groups excluding carboxylic acids is 3. The Labute approximate surface area is 165 Å². The Morgan fingerprint density at radius 3 is 2.41 bits per heavy atom. The molecule has 0 saturated heterocycles. The maximum absolute atomic E-state index is 12.8. The summed E-state index contributed by atoms with van der Waals surface area (Å²) in [5, 5.41) is 3.19. The lowest BCUT2D eigenvalue weighted by molar-refractivity contribution is -0.153. The van der Waals surface area contributed by atoms with Gasteiger partial charge in [-0.05, 0) is 49.4 Å². The predicted octanol–water partition coefficient (Wildman–Crippen LogP) is 4.67. The van der Waals surface area contributed by atoms with Gasteiger partial charge < -0.3 is 10.1 Å². The van der Waals surface area contributed by atoms with Crippen LogP contribution < -0.4 is 5.32 Å². The number of hydrogen-bond acceptors (Lipinski definition) is 4. The number of ketones is 1. The lowest BCUT2D eigenvalue weighted by Crippen LogP contribution is -2.30. The fourth-order valence-corrected chi connectivity index (χ4v) is 2.47. The molecule has 1 amide bonds. The third-order valence-electron chi connectivity index (χ3n) is 3.59. The van der Waals surface area contributed by atoms with Crippen LogP contribution in [0.1, 0.15) is 30.1 Å². The van der Waals surface area contributed by atoms with E-state index in [2.05, 4.69) is 5.32 Å². The van der Waals surface area contributed by atoms with E-state index in [0.29, 0.717) is 16.3 Å². The monoisotopic (exact) mass is 411 g/mol. The summed E-state index contributed by atoms with van der Waals surface area (Å²) in [6.45, 7) is 1.40. The fourth-order valence-electron chi connectivity index (χ4n) is 2.13. The highest BCUT2D eigenvalue weighted by Gasteiger charge is 2.20. The molecule has 0 bridgehead atoms. The van der Waals surface area contributed by atoms with Crippen molar-refractivity contribution in [2.24, 2.45) is 0 Å². The molecule has 8 heteroatoms. The van der Waals surface area contributed by atoms with Crippen LogP contribution in [0.25, 0.3) is 0 Å². The van der Waals surface area contributed by atoms with Crippen LogP contribution in [0.2, 0.25) is 10.0 Å². The zero-order chi connectivity index (χ0) is 20.0. The number of nitrogens with one attached hydrogen (secondary N) is 1. The van der Waals surface area contributed by atoms with Crippen molar-refractivity contribution >= 4 is 46.5 Å². The molecular weight excluding hydrogens is 396 g/mol. The number of benzene rings is 2. The van der Waals surface area contributed by atoms with Crippen molar-refractivity contribution in [1.82, 2.24) is 0 Å². The number of amides is 1. The number of anilines is 1. The first-order chi connectivity index (χ1) is 12.8. The van der Waals surface area contributed by atoms with Gasteiger partial charge >= 0.3 is 5.97 Å². The SMILES string of the molecule is C[C@H](OC(=O)CCC(=O)c1ccc(F)cc1)C(=O)Nc1cc(Cl)ccc1Cl. The van der Waals surface area contributed by atoms with Gasteiger partial charge in [0.2, 0.25) is 0 Å². The smallest absolute Gasteiger partial charge is 0.307 e. The zero-order valence-electron chi connectivity index (χ0n) is 14.3. The molecule has 5 nitrogen and oxygen atoms in total. The molecule has 0 heterocycles. The predicted molar refractivity (Wildman–Crippen MR) is 101 cm³/mol. The number of carbonyl (C=O) groups is 3. The number of Topliss-reactive ketones (excluding diaryl/α,β-unsaturated/α-hetero) is 1. The Morgan fingerprint density at radius 2 is 1.74 bits per heavy atom. The van der Waals surface area contributed by atoms with E-state index in [4.69, 9.17) is 27.9 Å². The number of rotatable bonds is 7. The van der Waals surface area contributed by atoms with Crippen LogP contribution in [0.3, 0.4) is 0 Å². The maximum Gasteiger partial charge on any atom is 0.307 e. The van der Waals surface area contributed by atoms with Crippen molar-refractivity contribution in [3.63, 3.8) is 0 Å². The van der Waals surface area contributed by atoms with Gasteiger partial charge in [-0.25, -0.2) is 4.39 Å². The van der Waals surface area contributed by atoms with Gasteiger partial charge in [0.25, 0.3) is 5.91 Å². The van der Waals surface area contributed by atoms with Gasteiger partial charge in [-0.3, -0.25) is 14.4 Å². The quantitative estimate of drug-likeness (QED) is 0.530. The van der Waals surface area contributed by atoms with Crippen molar-refractivity contribution in [3.8, 4) is 0 Å². The first-order valence-electron chi connectivity index (χ1n) is 8.00. The molecule has 2 aromatic rings. The van der Waals surface area contributed by atoms with Crippen LogP contribution >= 0.6 is 23.2 Å². The molecule has 142 valence electrons. The highest BCUT2D eigenvalue weighted by molar-refractivity contribution is 6.35. The van der Waals surface area contributed by atoms with Crippen LogP contribution in [0, 0.1) is 5.82 Å². The molecule has 0 aliphatic heterocycles. The van der Waals surface area contributed by atoms with Crippen LogP contribution in [-0.2, 0) is 14.3 Å². The summed E-state index contributed by atoms with van der Waals surface area (Å²) in [7, 11) is 0. The number of ether oxygens (including phenoxy) is 1. The average Bonchev–Trinajstić information content (AvgIpc) is 2.63. The molecule has 0 aliphatic carbocycles. The van der Waals surface area contributed by atoms with Crippen LogP contribution in [0.4, 0.5) is 10.1 Å². The standard InChI is InChI=1S/C19H16Cl2FNO4/c1-11(19(26)23-16-10-13(20)4-7-15(16)21)27-18(25)9-8-17(24)12-2-5-14(22)6-3-12/h2-7,10-11H,8-9H2,1H3,(H,23,26)/t11-/m0/s1. The Balaban J connectivity index is 1.83. The van der Waals surface area contributed by atoms with E-state index in [9.17, 15) is 18.8 Å². The highest BCUT2D eigenvalue weighted by Crippen LogP contribution is 2.25.